The number of amides is 2. The molecule has 2 amide bonds. The second-order valence-electron chi connectivity index (χ2n) is 6.93. The van der Waals surface area contributed by atoms with E-state index < -0.39 is 9.84 Å². The molecule has 10 nitrogen and oxygen atoms in total. The van der Waals surface area contributed by atoms with Crippen LogP contribution < -0.4 is 15.4 Å². The van der Waals surface area contributed by atoms with Gasteiger partial charge in [0.2, 0.25) is 11.8 Å². The molecule has 1 aliphatic rings. The van der Waals surface area contributed by atoms with Gasteiger partial charge in [0.05, 0.1) is 30.1 Å². The molecule has 2 heterocycles. The Balaban J connectivity index is 1.63. The average Bonchev–Trinajstić information content (AvgIpc) is 3.21. The molecule has 1 fully saturated rings. The highest BCUT2D eigenvalue weighted by Gasteiger charge is 2.32. The third-order valence-corrected chi connectivity index (χ3v) is 7.38. The summed E-state index contributed by atoms with van der Waals surface area (Å²) in [7, 11) is 0.233. The van der Waals surface area contributed by atoms with Crippen molar-refractivity contribution < 1.29 is 22.7 Å². The summed E-state index contributed by atoms with van der Waals surface area (Å²) in [6.45, 7) is 1.40. The van der Waals surface area contributed by atoms with E-state index in [1.54, 1.807) is 29.8 Å². The first-order chi connectivity index (χ1) is 14.2. The van der Waals surface area contributed by atoms with Crippen molar-refractivity contribution in [1.82, 2.24) is 14.8 Å². The van der Waals surface area contributed by atoms with Crippen LogP contribution in [-0.2, 0) is 26.5 Å². The van der Waals surface area contributed by atoms with Gasteiger partial charge in [-0.05, 0) is 24.6 Å². The molecule has 0 saturated carbocycles. The zero-order valence-corrected chi connectivity index (χ0v) is 18.5. The molecule has 2 aromatic rings. The molecular formula is C18H23N5O5S2. The van der Waals surface area contributed by atoms with E-state index in [1.807, 2.05) is 0 Å². The van der Waals surface area contributed by atoms with E-state index in [1.165, 1.54) is 25.8 Å². The Kier molecular flexibility index (Phi) is 6.66. The number of nitrogens with one attached hydrogen (secondary N) is 2. The molecule has 0 radical (unpaired) electrons. The smallest absolute Gasteiger partial charge is 0.234 e. The first kappa shape index (κ1) is 22.1. The lowest BCUT2D eigenvalue weighted by Gasteiger charge is -2.12. The van der Waals surface area contributed by atoms with Crippen LogP contribution in [0, 0.1) is 0 Å². The van der Waals surface area contributed by atoms with Crippen LogP contribution >= 0.6 is 11.8 Å². The SMILES string of the molecule is COc1ccc(NC(C)=O)cc1NC(=O)CSc1nnc(C2CCS(=O)(=O)C2)n1C. The molecule has 1 aromatic heterocycles. The first-order valence-electron chi connectivity index (χ1n) is 9.16. The van der Waals surface area contributed by atoms with Crippen LogP contribution in [-0.4, -0.2) is 59.4 Å². The Labute approximate surface area is 178 Å². The average molecular weight is 454 g/mol. The van der Waals surface area contributed by atoms with Gasteiger partial charge in [-0.3, -0.25) is 9.59 Å². The van der Waals surface area contributed by atoms with E-state index in [2.05, 4.69) is 20.8 Å². The molecule has 30 heavy (non-hydrogen) atoms. The molecule has 0 spiro atoms. The fraction of sp³-hybridized carbons (Fsp3) is 0.444. The van der Waals surface area contributed by atoms with Crippen molar-refractivity contribution in [2.24, 2.45) is 7.05 Å². The summed E-state index contributed by atoms with van der Waals surface area (Å²) in [5, 5.41) is 14.2. The van der Waals surface area contributed by atoms with Crippen LogP contribution in [0.1, 0.15) is 25.1 Å². The fourth-order valence-electron chi connectivity index (χ4n) is 3.21. The van der Waals surface area contributed by atoms with Gasteiger partial charge < -0.3 is 19.9 Å². The standard InChI is InChI=1S/C18H23N5O5S2/c1-11(24)19-13-4-5-15(28-3)14(8-13)20-16(25)9-29-18-22-21-17(23(18)2)12-6-7-30(26,27)10-12/h4-5,8,12H,6-7,9-10H2,1-3H3,(H,19,24)(H,20,25). The number of nitrogens with zero attached hydrogens (tertiary/aromatic N) is 3. The highest BCUT2D eigenvalue weighted by molar-refractivity contribution is 7.99. The third kappa shape index (κ3) is 5.30. The van der Waals surface area contributed by atoms with Crippen LogP contribution in [0.25, 0.3) is 0 Å². The number of benzene rings is 1. The van der Waals surface area contributed by atoms with E-state index in [-0.39, 0.29) is 35.0 Å². The molecule has 1 aromatic carbocycles. The van der Waals surface area contributed by atoms with Gasteiger partial charge in [0, 0.05) is 25.6 Å². The van der Waals surface area contributed by atoms with Crippen molar-refractivity contribution in [2.45, 2.75) is 24.4 Å². The minimum absolute atomic E-state index is 0.0719. The van der Waals surface area contributed by atoms with Gasteiger partial charge in [0.25, 0.3) is 0 Å². The van der Waals surface area contributed by atoms with Gasteiger partial charge in [0.1, 0.15) is 11.6 Å². The summed E-state index contributed by atoms with van der Waals surface area (Å²) < 4.78 is 30.4. The number of sulfone groups is 1. The van der Waals surface area contributed by atoms with E-state index in [0.717, 1.165) is 0 Å². The van der Waals surface area contributed by atoms with Gasteiger partial charge in [-0.25, -0.2) is 8.42 Å². The number of thioether (sulfide) groups is 1. The highest BCUT2D eigenvalue weighted by Crippen LogP contribution is 2.30. The van der Waals surface area contributed by atoms with E-state index in [0.29, 0.717) is 34.5 Å². The lowest BCUT2D eigenvalue weighted by Crippen LogP contribution is -2.16. The lowest BCUT2D eigenvalue weighted by atomic mass is 10.1. The lowest BCUT2D eigenvalue weighted by molar-refractivity contribution is -0.114. The Bertz CT molecular complexity index is 1070. The maximum absolute atomic E-state index is 12.4. The van der Waals surface area contributed by atoms with Crippen molar-refractivity contribution in [1.29, 1.82) is 0 Å². The second kappa shape index (κ2) is 9.04. The monoisotopic (exact) mass is 453 g/mol. The van der Waals surface area contributed by atoms with Gasteiger partial charge in [-0.1, -0.05) is 11.8 Å². The fourth-order valence-corrected chi connectivity index (χ4v) is 5.67. The number of aromatic nitrogens is 3. The summed E-state index contributed by atoms with van der Waals surface area (Å²) in [5.74, 6) is 0.713. The van der Waals surface area contributed by atoms with Gasteiger partial charge in [-0.15, -0.1) is 10.2 Å². The number of carbonyl (C=O) groups is 2. The van der Waals surface area contributed by atoms with Gasteiger partial charge in [0.15, 0.2) is 15.0 Å². The number of methoxy groups -OCH3 is 1. The van der Waals surface area contributed by atoms with Gasteiger partial charge in [-0.2, -0.15) is 0 Å². The number of anilines is 2. The summed E-state index contributed by atoms with van der Waals surface area (Å²) in [4.78, 5) is 23.7. The Morgan fingerprint density at radius 2 is 2.07 bits per heavy atom. The summed E-state index contributed by atoms with van der Waals surface area (Å²) in [6.07, 6.45) is 0.532. The van der Waals surface area contributed by atoms with Crippen LogP contribution in [0.3, 0.4) is 0 Å². The Morgan fingerprint density at radius 3 is 2.70 bits per heavy atom. The molecule has 0 aliphatic carbocycles. The minimum atomic E-state index is -3.02. The largest absolute Gasteiger partial charge is 0.495 e. The molecule has 2 N–H and O–H groups in total. The molecule has 1 atom stereocenters. The zero-order chi connectivity index (χ0) is 21.9. The molecule has 1 saturated heterocycles. The first-order valence-corrected chi connectivity index (χ1v) is 12.0. The van der Waals surface area contributed by atoms with Gasteiger partial charge >= 0.3 is 0 Å². The number of ether oxygens (including phenoxy) is 1. The van der Waals surface area contributed by atoms with E-state index in [4.69, 9.17) is 4.74 Å². The minimum Gasteiger partial charge on any atom is -0.495 e. The number of rotatable bonds is 7. The third-order valence-electron chi connectivity index (χ3n) is 4.59. The van der Waals surface area contributed by atoms with Crippen molar-refractivity contribution in [3.8, 4) is 5.75 Å². The number of carbonyl (C=O) groups excluding carboxylic acids is 2. The normalized spacial score (nSPS) is 17.5. The molecule has 3 rings (SSSR count). The van der Waals surface area contributed by atoms with Crippen molar-refractivity contribution in [2.75, 3.05) is 35.0 Å². The molecule has 1 aliphatic heterocycles. The number of hydrogen-bond donors (Lipinski definition) is 2. The van der Waals surface area contributed by atoms with E-state index >= 15 is 0 Å². The predicted octanol–water partition coefficient (Wildman–Crippen LogP) is 1.41. The molecule has 12 heteroatoms. The molecule has 0 bridgehead atoms. The second-order valence-corrected chi connectivity index (χ2v) is 10.1. The van der Waals surface area contributed by atoms with Crippen LogP contribution in [0.2, 0.25) is 0 Å². The van der Waals surface area contributed by atoms with Crippen molar-refractivity contribution >= 4 is 44.8 Å². The van der Waals surface area contributed by atoms with Crippen LogP contribution in [0.4, 0.5) is 11.4 Å². The highest BCUT2D eigenvalue weighted by atomic mass is 32.2. The molecule has 162 valence electrons. The maximum atomic E-state index is 12.4. The van der Waals surface area contributed by atoms with Crippen molar-refractivity contribution in [3.63, 3.8) is 0 Å². The summed E-state index contributed by atoms with van der Waals surface area (Å²) in [6, 6.07) is 4.94. The predicted molar refractivity (Wildman–Crippen MR) is 114 cm³/mol. The summed E-state index contributed by atoms with van der Waals surface area (Å²) in [5.41, 5.74) is 0.972. The summed E-state index contributed by atoms with van der Waals surface area (Å²) >= 11 is 1.20. The van der Waals surface area contributed by atoms with Crippen LogP contribution in [0.5, 0.6) is 5.75 Å². The maximum Gasteiger partial charge on any atom is 0.234 e. The topological polar surface area (TPSA) is 132 Å². The molecule has 1 unspecified atom stereocenters. The van der Waals surface area contributed by atoms with Crippen LogP contribution in [0.15, 0.2) is 23.4 Å². The number of hydrogen-bond acceptors (Lipinski definition) is 8. The van der Waals surface area contributed by atoms with Crippen molar-refractivity contribution in [3.05, 3.63) is 24.0 Å². The Morgan fingerprint density at radius 1 is 1.30 bits per heavy atom. The molecular weight excluding hydrogens is 430 g/mol. The zero-order valence-electron chi connectivity index (χ0n) is 16.8. The quantitative estimate of drug-likeness (QED) is 0.602. The Hall–Kier alpha value is -2.60. The van der Waals surface area contributed by atoms with E-state index in [9.17, 15) is 18.0 Å².